The zero-order valence-corrected chi connectivity index (χ0v) is 15.7. The number of hydrogen-bond donors (Lipinski definition) is 1. The van der Waals surface area contributed by atoms with Crippen LogP contribution < -0.4 is 14.8 Å². The molecular weight excluding hydrogens is 330 g/mol. The third-order valence-electron chi connectivity index (χ3n) is 3.64. The van der Waals surface area contributed by atoms with Crippen molar-refractivity contribution in [2.45, 2.75) is 20.4 Å². The summed E-state index contributed by atoms with van der Waals surface area (Å²) in [7, 11) is 1.61. The monoisotopic (exact) mass is 357 g/mol. The Kier molecular flexibility index (Phi) is 7.96. The van der Waals surface area contributed by atoms with Crippen molar-refractivity contribution in [2.24, 2.45) is 5.92 Å². The van der Waals surface area contributed by atoms with Crippen LogP contribution in [0.15, 0.2) is 48.5 Å². The smallest absolute Gasteiger partial charge is 0.255 e. The van der Waals surface area contributed by atoms with Crippen LogP contribution in [-0.4, -0.2) is 32.8 Å². The summed E-state index contributed by atoms with van der Waals surface area (Å²) in [6.07, 6.45) is 0. The quantitative estimate of drug-likeness (QED) is 0.659. The molecule has 0 aliphatic heterocycles. The molecule has 140 valence electrons. The van der Waals surface area contributed by atoms with Gasteiger partial charge in [0, 0.05) is 13.7 Å². The first-order chi connectivity index (χ1) is 12.6. The van der Waals surface area contributed by atoms with Crippen LogP contribution in [0.5, 0.6) is 11.5 Å². The van der Waals surface area contributed by atoms with Gasteiger partial charge in [0.2, 0.25) is 0 Å². The highest BCUT2D eigenvalue weighted by Gasteiger charge is 2.11. The maximum Gasteiger partial charge on any atom is 0.255 e. The fourth-order valence-corrected chi connectivity index (χ4v) is 2.26. The minimum absolute atomic E-state index is 0.168. The van der Waals surface area contributed by atoms with Gasteiger partial charge in [-0.15, -0.1) is 0 Å². The van der Waals surface area contributed by atoms with E-state index < -0.39 is 0 Å². The van der Waals surface area contributed by atoms with E-state index in [1.54, 1.807) is 19.2 Å². The van der Waals surface area contributed by atoms with E-state index in [-0.39, 0.29) is 5.91 Å². The zero-order valence-electron chi connectivity index (χ0n) is 15.7. The minimum atomic E-state index is -0.168. The number of rotatable bonds is 10. The van der Waals surface area contributed by atoms with Crippen molar-refractivity contribution >= 4 is 5.91 Å². The molecule has 0 aliphatic rings. The topological polar surface area (TPSA) is 56.8 Å². The molecule has 2 rings (SSSR count). The van der Waals surface area contributed by atoms with Gasteiger partial charge in [-0.3, -0.25) is 4.79 Å². The first kappa shape index (κ1) is 19.8. The predicted octanol–water partition coefficient (Wildman–Crippen LogP) is 3.68. The summed E-state index contributed by atoms with van der Waals surface area (Å²) in [6, 6.07) is 14.9. The molecule has 0 bridgehead atoms. The van der Waals surface area contributed by atoms with E-state index in [0.717, 1.165) is 11.3 Å². The Morgan fingerprint density at radius 1 is 1.00 bits per heavy atom. The standard InChI is InChI=1S/C21H27NO4/c1-16(2)15-26-18-10-8-17(9-11-18)14-22-21(23)19-6-4-5-7-20(19)25-13-12-24-3/h4-11,16H,12-15H2,1-3H3,(H,22,23). The lowest BCUT2D eigenvalue weighted by molar-refractivity contribution is 0.0943. The summed E-state index contributed by atoms with van der Waals surface area (Å²) >= 11 is 0. The molecule has 26 heavy (non-hydrogen) atoms. The average Bonchev–Trinajstić information content (AvgIpc) is 2.66. The van der Waals surface area contributed by atoms with Crippen LogP contribution in [0.4, 0.5) is 0 Å². The molecule has 1 amide bonds. The summed E-state index contributed by atoms with van der Waals surface area (Å²) < 4.78 is 16.2. The number of amides is 1. The molecule has 1 N–H and O–H groups in total. The third kappa shape index (κ3) is 6.41. The molecule has 0 unspecified atom stereocenters. The van der Waals surface area contributed by atoms with Crippen molar-refractivity contribution < 1.29 is 19.0 Å². The molecule has 0 aromatic heterocycles. The normalized spacial score (nSPS) is 10.6. The highest BCUT2D eigenvalue weighted by molar-refractivity contribution is 5.96. The van der Waals surface area contributed by atoms with Gasteiger partial charge in [-0.25, -0.2) is 0 Å². The minimum Gasteiger partial charge on any atom is -0.493 e. The fraction of sp³-hybridized carbons (Fsp3) is 0.381. The van der Waals surface area contributed by atoms with Crippen LogP contribution in [0, 0.1) is 5.92 Å². The van der Waals surface area contributed by atoms with Crippen LogP contribution in [0.25, 0.3) is 0 Å². The van der Waals surface area contributed by atoms with Crippen molar-refractivity contribution in [3.8, 4) is 11.5 Å². The number of carbonyl (C=O) groups is 1. The number of carbonyl (C=O) groups excluding carboxylic acids is 1. The maximum absolute atomic E-state index is 12.5. The van der Waals surface area contributed by atoms with Gasteiger partial charge in [0.15, 0.2) is 0 Å². The second-order valence-corrected chi connectivity index (χ2v) is 6.37. The molecule has 0 atom stereocenters. The maximum atomic E-state index is 12.5. The largest absolute Gasteiger partial charge is 0.493 e. The first-order valence-electron chi connectivity index (χ1n) is 8.81. The molecule has 0 aliphatic carbocycles. The Balaban J connectivity index is 1.90. The van der Waals surface area contributed by atoms with Gasteiger partial charge in [-0.1, -0.05) is 38.1 Å². The lowest BCUT2D eigenvalue weighted by Gasteiger charge is -2.12. The molecule has 0 fully saturated rings. The molecule has 0 saturated carbocycles. The summed E-state index contributed by atoms with van der Waals surface area (Å²) in [5.74, 6) is 1.71. The van der Waals surface area contributed by atoms with Crippen LogP contribution in [0.1, 0.15) is 29.8 Å². The molecule has 0 saturated heterocycles. The molecular formula is C21H27NO4. The lowest BCUT2D eigenvalue weighted by Crippen LogP contribution is -2.23. The second-order valence-electron chi connectivity index (χ2n) is 6.37. The summed E-state index contributed by atoms with van der Waals surface area (Å²) in [5.41, 5.74) is 1.52. The number of methoxy groups -OCH3 is 1. The van der Waals surface area contributed by atoms with E-state index >= 15 is 0 Å². The highest BCUT2D eigenvalue weighted by Crippen LogP contribution is 2.18. The van der Waals surface area contributed by atoms with Crippen molar-refractivity contribution in [1.29, 1.82) is 0 Å². The zero-order chi connectivity index (χ0) is 18.8. The van der Waals surface area contributed by atoms with Gasteiger partial charge in [-0.2, -0.15) is 0 Å². The van der Waals surface area contributed by atoms with E-state index in [0.29, 0.717) is 43.6 Å². The number of ether oxygens (including phenoxy) is 3. The second kappa shape index (κ2) is 10.5. The Hall–Kier alpha value is -2.53. The summed E-state index contributed by atoms with van der Waals surface area (Å²) in [6.45, 7) is 6.23. The number of nitrogens with one attached hydrogen (secondary N) is 1. The number of para-hydroxylation sites is 1. The van der Waals surface area contributed by atoms with E-state index in [1.807, 2.05) is 36.4 Å². The van der Waals surface area contributed by atoms with Crippen LogP contribution in [0.2, 0.25) is 0 Å². The van der Waals surface area contributed by atoms with Crippen LogP contribution in [-0.2, 0) is 11.3 Å². The molecule has 5 nitrogen and oxygen atoms in total. The van der Waals surface area contributed by atoms with Crippen LogP contribution in [0.3, 0.4) is 0 Å². The molecule has 2 aromatic rings. The molecule has 0 radical (unpaired) electrons. The Bertz CT molecular complexity index is 683. The van der Waals surface area contributed by atoms with Crippen molar-refractivity contribution in [3.63, 3.8) is 0 Å². The Morgan fingerprint density at radius 2 is 1.73 bits per heavy atom. The molecule has 0 heterocycles. The van der Waals surface area contributed by atoms with Crippen molar-refractivity contribution in [1.82, 2.24) is 5.32 Å². The third-order valence-corrected chi connectivity index (χ3v) is 3.64. The van der Waals surface area contributed by atoms with E-state index in [9.17, 15) is 4.79 Å². The molecule has 2 aromatic carbocycles. The molecule has 5 heteroatoms. The van der Waals surface area contributed by atoms with E-state index in [2.05, 4.69) is 19.2 Å². The molecule has 0 spiro atoms. The average molecular weight is 357 g/mol. The van der Waals surface area contributed by atoms with E-state index in [1.165, 1.54) is 0 Å². The van der Waals surface area contributed by atoms with Crippen molar-refractivity contribution in [2.75, 3.05) is 26.9 Å². The highest BCUT2D eigenvalue weighted by atomic mass is 16.5. The van der Waals surface area contributed by atoms with Gasteiger partial charge in [0.25, 0.3) is 5.91 Å². The number of hydrogen-bond acceptors (Lipinski definition) is 4. The first-order valence-corrected chi connectivity index (χ1v) is 8.81. The Labute approximate surface area is 155 Å². The Morgan fingerprint density at radius 3 is 2.42 bits per heavy atom. The van der Waals surface area contributed by atoms with Crippen molar-refractivity contribution in [3.05, 3.63) is 59.7 Å². The van der Waals surface area contributed by atoms with Crippen LogP contribution >= 0.6 is 0 Å². The number of benzene rings is 2. The van der Waals surface area contributed by atoms with Gasteiger partial charge in [0.05, 0.1) is 18.8 Å². The lowest BCUT2D eigenvalue weighted by atomic mass is 10.1. The SMILES string of the molecule is COCCOc1ccccc1C(=O)NCc1ccc(OCC(C)C)cc1. The fourth-order valence-electron chi connectivity index (χ4n) is 2.26. The summed E-state index contributed by atoms with van der Waals surface area (Å²) in [4.78, 5) is 12.5. The van der Waals surface area contributed by atoms with Gasteiger partial charge < -0.3 is 19.5 Å². The van der Waals surface area contributed by atoms with Gasteiger partial charge in [0.1, 0.15) is 18.1 Å². The van der Waals surface area contributed by atoms with E-state index in [4.69, 9.17) is 14.2 Å². The predicted molar refractivity (Wildman–Crippen MR) is 102 cm³/mol. The van der Waals surface area contributed by atoms with Gasteiger partial charge >= 0.3 is 0 Å². The van der Waals surface area contributed by atoms with Gasteiger partial charge in [-0.05, 0) is 35.7 Å². The summed E-state index contributed by atoms with van der Waals surface area (Å²) in [5, 5.41) is 2.92.